The summed E-state index contributed by atoms with van der Waals surface area (Å²) in [7, 11) is 0. The number of imidazole rings is 1. The van der Waals surface area contributed by atoms with Crippen LogP contribution in [-0.2, 0) is 6.54 Å². The van der Waals surface area contributed by atoms with Crippen molar-refractivity contribution in [3.63, 3.8) is 0 Å². The number of nitrogens with two attached hydrogens (primary N) is 1. The summed E-state index contributed by atoms with van der Waals surface area (Å²) in [6, 6.07) is 1.88. The van der Waals surface area contributed by atoms with Gasteiger partial charge in [0, 0.05) is 25.5 Å². The summed E-state index contributed by atoms with van der Waals surface area (Å²) in [5, 5.41) is 11.1. The van der Waals surface area contributed by atoms with Gasteiger partial charge in [-0.2, -0.15) is 15.1 Å². The van der Waals surface area contributed by atoms with E-state index in [0.29, 0.717) is 35.1 Å². The smallest absolute Gasteiger partial charge is 0.233 e. The van der Waals surface area contributed by atoms with Crippen LogP contribution in [0.3, 0.4) is 0 Å². The molecule has 1 aliphatic rings. The van der Waals surface area contributed by atoms with Gasteiger partial charge in [0.15, 0.2) is 17.0 Å². The molecule has 0 unspecified atom stereocenters. The van der Waals surface area contributed by atoms with E-state index < -0.39 is 0 Å². The molecule has 27 heavy (non-hydrogen) atoms. The van der Waals surface area contributed by atoms with Crippen LogP contribution in [0.15, 0.2) is 18.5 Å². The first-order valence-corrected chi connectivity index (χ1v) is 9.60. The first kappa shape index (κ1) is 17.7. The third-order valence-electron chi connectivity index (χ3n) is 4.87. The molecule has 0 bridgehead atoms. The van der Waals surface area contributed by atoms with Gasteiger partial charge in [-0.3, -0.25) is 4.57 Å². The average molecular weight is 369 g/mol. The van der Waals surface area contributed by atoms with Crippen LogP contribution >= 0.6 is 0 Å². The van der Waals surface area contributed by atoms with E-state index in [1.165, 1.54) is 12.8 Å². The van der Waals surface area contributed by atoms with Crippen LogP contribution in [0.1, 0.15) is 26.7 Å². The molecule has 0 aliphatic carbocycles. The third kappa shape index (κ3) is 3.73. The standard InChI is InChI=1S/C18H27N9/c1-12(2)11-26-16-14(23-18(26)27-9-3-6-22-27)15(19)24-17(25-16)21-10-13-4-7-20-8-5-13/h3,6,9,12-13,20H,4-5,7-8,10-11H2,1-2H3,(H3,19,21,24,25). The van der Waals surface area contributed by atoms with Gasteiger partial charge < -0.3 is 16.4 Å². The van der Waals surface area contributed by atoms with Crippen molar-refractivity contribution in [3.8, 4) is 5.95 Å². The molecular weight excluding hydrogens is 342 g/mol. The second kappa shape index (κ2) is 7.51. The Morgan fingerprint density at radius 2 is 2.07 bits per heavy atom. The lowest BCUT2D eigenvalue weighted by Crippen LogP contribution is -2.31. The molecule has 0 atom stereocenters. The van der Waals surface area contributed by atoms with Crippen LogP contribution in [0, 0.1) is 11.8 Å². The molecule has 1 saturated heterocycles. The number of hydrogen-bond acceptors (Lipinski definition) is 7. The molecule has 4 rings (SSSR count). The number of piperidine rings is 1. The van der Waals surface area contributed by atoms with Crippen molar-refractivity contribution >= 4 is 22.9 Å². The molecule has 1 aliphatic heterocycles. The zero-order chi connectivity index (χ0) is 18.8. The Balaban J connectivity index is 1.69. The van der Waals surface area contributed by atoms with Crippen LogP contribution < -0.4 is 16.4 Å². The fourth-order valence-electron chi connectivity index (χ4n) is 3.51. The zero-order valence-electron chi connectivity index (χ0n) is 15.9. The van der Waals surface area contributed by atoms with Gasteiger partial charge in [-0.15, -0.1) is 0 Å². The predicted molar refractivity (Wildman–Crippen MR) is 106 cm³/mol. The van der Waals surface area contributed by atoms with Gasteiger partial charge in [0.25, 0.3) is 0 Å². The van der Waals surface area contributed by atoms with Crippen LogP contribution in [0.5, 0.6) is 0 Å². The topological polar surface area (TPSA) is 112 Å². The van der Waals surface area contributed by atoms with E-state index >= 15 is 0 Å². The first-order chi connectivity index (χ1) is 13.1. The Labute approximate surface area is 158 Å². The van der Waals surface area contributed by atoms with Crippen molar-refractivity contribution in [2.24, 2.45) is 11.8 Å². The molecule has 0 saturated carbocycles. The molecule has 4 N–H and O–H groups in total. The van der Waals surface area contributed by atoms with E-state index in [1.54, 1.807) is 10.9 Å². The summed E-state index contributed by atoms with van der Waals surface area (Å²) >= 11 is 0. The van der Waals surface area contributed by atoms with Gasteiger partial charge in [0.05, 0.1) is 0 Å². The lowest BCUT2D eigenvalue weighted by Gasteiger charge is -2.22. The minimum atomic E-state index is 0.392. The lowest BCUT2D eigenvalue weighted by atomic mass is 9.98. The average Bonchev–Trinajstić information content (AvgIpc) is 3.29. The molecule has 0 spiro atoms. The lowest BCUT2D eigenvalue weighted by molar-refractivity contribution is 0.389. The number of anilines is 2. The van der Waals surface area contributed by atoms with Crippen molar-refractivity contribution in [2.75, 3.05) is 30.7 Å². The summed E-state index contributed by atoms with van der Waals surface area (Å²) in [6.07, 6.45) is 5.94. The molecule has 0 amide bonds. The SMILES string of the molecule is CC(C)Cn1c(-n2cccn2)nc2c(N)nc(NCC3CCNCC3)nc21. The van der Waals surface area contributed by atoms with Crippen molar-refractivity contribution in [2.45, 2.75) is 33.2 Å². The molecule has 0 aromatic carbocycles. The maximum absolute atomic E-state index is 6.23. The highest BCUT2D eigenvalue weighted by Crippen LogP contribution is 2.24. The van der Waals surface area contributed by atoms with Crippen LogP contribution in [-0.4, -0.2) is 48.9 Å². The van der Waals surface area contributed by atoms with Crippen LogP contribution in [0.25, 0.3) is 17.1 Å². The normalized spacial score (nSPS) is 15.7. The number of nitrogen functional groups attached to an aromatic ring is 1. The van der Waals surface area contributed by atoms with Crippen molar-refractivity contribution in [1.29, 1.82) is 0 Å². The Hall–Kier alpha value is -2.68. The van der Waals surface area contributed by atoms with E-state index in [2.05, 4.69) is 44.1 Å². The van der Waals surface area contributed by atoms with Gasteiger partial charge in [-0.1, -0.05) is 13.8 Å². The Morgan fingerprint density at radius 1 is 1.26 bits per heavy atom. The highest BCUT2D eigenvalue weighted by molar-refractivity contribution is 5.84. The van der Waals surface area contributed by atoms with Crippen LogP contribution in [0.4, 0.5) is 11.8 Å². The summed E-state index contributed by atoms with van der Waals surface area (Å²) in [5.41, 5.74) is 7.59. The van der Waals surface area contributed by atoms with Gasteiger partial charge in [0.2, 0.25) is 11.9 Å². The summed E-state index contributed by atoms with van der Waals surface area (Å²) in [5.74, 6) is 2.73. The maximum Gasteiger partial charge on any atom is 0.233 e. The van der Waals surface area contributed by atoms with Crippen LogP contribution in [0.2, 0.25) is 0 Å². The summed E-state index contributed by atoms with van der Waals surface area (Å²) in [4.78, 5) is 13.9. The molecular formula is C18H27N9. The maximum atomic E-state index is 6.23. The molecule has 1 fully saturated rings. The molecule has 9 nitrogen and oxygen atoms in total. The molecule has 9 heteroatoms. The molecule has 144 valence electrons. The Bertz CT molecular complexity index is 891. The number of nitrogens with zero attached hydrogens (tertiary/aromatic N) is 6. The second-order valence-corrected chi connectivity index (χ2v) is 7.55. The summed E-state index contributed by atoms with van der Waals surface area (Å²) in [6.45, 7) is 8.11. The van der Waals surface area contributed by atoms with Gasteiger partial charge in [-0.25, -0.2) is 9.67 Å². The quantitative estimate of drug-likeness (QED) is 0.606. The fraction of sp³-hybridized carbons (Fsp3) is 0.556. The predicted octanol–water partition coefficient (Wildman–Crippen LogP) is 1.66. The molecule has 4 heterocycles. The third-order valence-corrected chi connectivity index (χ3v) is 4.87. The van der Waals surface area contributed by atoms with Crippen molar-refractivity contribution in [1.82, 2.24) is 34.6 Å². The van der Waals surface area contributed by atoms with Crippen molar-refractivity contribution < 1.29 is 0 Å². The molecule has 3 aromatic rings. The zero-order valence-corrected chi connectivity index (χ0v) is 15.9. The molecule has 3 aromatic heterocycles. The minimum absolute atomic E-state index is 0.392. The monoisotopic (exact) mass is 369 g/mol. The van der Waals surface area contributed by atoms with E-state index in [4.69, 9.17) is 10.7 Å². The Morgan fingerprint density at radius 3 is 2.78 bits per heavy atom. The second-order valence-electron chi connectivity index (χ2n) is 7.55. The van der Waals surface area contributed by atoms with Gasteiger partial charge in [-0.05, 0) is 43.8 Å². The van der Waals surface area contributed by atoms with Gasteiger partial charge >= 0.3 is 0 Å². The van der Waals surface area contributed by atoms with E-state index in [0.717, 1.165) is 31.8 Å². The fourth-order valence-corrected chi connectivity index (χ4v) is 3.51. The van der Waals surface area contributed by atoms with E-state index in [9.17, 15) is 0 Å². The van der Waals surface area contributed by atoms with E-state index in [1.807, 2.05) is 12.3 Å². The first-order valence-electron chi connectivity index (χ1n) is 9.60. The van der Waals surface area contributed by atoms with E-state index in [-0.39, 0.29) is 0 Å². The highest BCUT2D eigenvalue weighted by Gasteiger charge is 2.20. The number of fused-ring (bicyclic) bond motifs is 1. The van der Waals surface area contributed by atoms with Gasteiger partial charge in [0.1, 0.15) is 0 Å². The number of hydrogen-bond donors (Lipinski definition) is 3. The summed E-state index contributed by atoms with van der Waals surface area (Å²) < 4.78 is 3.81. The number of nitrogens with one attached hydrogen (secondary N) is 2. The Kier molecular flexibility index (Phi) is 4.93. The number of aromatic nitrogens is 6. The largest absolute Gasteiger partial charge is 0.382 e. The minimum Gasteiger partial charge on any atom is -0.382 e. The van der Waals surface area contributed by atoms with Crippen molar-refractivity contribution in [3.05, 3.63) is 18.5 Å². The number of rotatable bonds is 6. The molecule has 0 radical (unpaired) electrons. The highest BCUT2D eigenvalue weighted by atomic mass is 15.4.